The van der Waals surface area contributed by atoms with Crippen LogP contribution in [0.25, 0.3) is 0 Å². The maximum atomic E-state index is 3.23. The number of rotatable bonds is 4. The molecule has 3 heteroatoms. The van der Waals surface area contributed by atoms with Gasteiger partial charge in [-0.25, -0.2) is 0 Å². The van der Waals surface area contributed by atoms with E-state index in [1.54, 1.807) is 0 Å². The summed E-state index contributed by atoms with van der Waals surface area (Å²) in [6.07, 6.45) is 1.35. The van der Waals surface area contributed by atoms with E-state index < -0.39 is 0 Å². The molecular formula is C14H24N2S. The summed E-state index contributed by atoms with van der Waals surface area (Å²) in [4.78, 5) is 5.57. The molecule has 0 aliphatic carbocycles. The van der Waals surface area contributed by atoms with Crippen molar-refractivity contribution in [1.82, 2.24) is 10.2 Å². The van der Waals surface area contributed by atoms with Crippen molar-refractivity contribution >= 4 is 11.3 Å². The zero-order chi connectivity index (χ0) is 12.4. The highest BCUT2D eigenvalue weighted by molar-refractivity contribution is 7.12. The Morgan fingerprint density at radius 2 is 2.24 bits per heavy atom. The van der Waals surface area contributed by atoms with Crippen LogP contribution < -0.4 is 5.32 Å². The van der Waals surface area contributed by atoms with E-state index in [1.165, 1.54) is 28.3 Å². The van der Waals surface area contributed by atoms with E-state index >= 15 is 0 Å². The minimum atomic E-state index is 0.747. The first-order valence-corrected chi connectivity index (χ1v) is 7.38. The Hall–Kier alpha value is -0.380. The molecule has 0 amide bonds. The third kappa shape index (κ3) is 3.09. The molecule has 17 heavy (non-hydrogen) atoms. The molecule has 0 spiro atoms. The smallest absolute Gasteiger partial charge is 0.0296 e. The standard InChI is InChI=1S/C14H24N2S/c1-10-5-11(2)16(8-10)9-13-6-14(7-15-4)17-12(13)3/h6,10-11,15H,5,7-9H2,1-4H3. The van der Waals surface area contributed by atoms with Crippen molar-refractivity contribution in [3.8, 4) is 0 Å². The lowest BCUT2D eigenvalue weighted by Gasteiger charge is -2.20. The van der Waals surface area contributed by atoms with E-state index in [0.717, 1.165) is 25.0 Å². The van der Waals surface area contributed by atoms with E-state index in [1.807, 2.05) is 18.4 Å². The first kappa shape index (κ1) is 13.1. The largest absolute Gasteiger partial charge is 0.315 e. The minimum absolute atomic E-state index is 0.747. The number of nitrogens with one attached hydrogen (secondary N) is 1. The summed E-state index contributed by atoms with van der Waals surface area (Å²) < 4.78 is 0. The van der Waals surface area contributed by atoms with Crippen LogP contribution in [0.3, 0.4) is 0 Å². The van der Waals surface area contributed by atoms with Crippen molar-refractivity contribution in [2.45, 2.75) is 46.3 Å². The molecule has 2 nitrogen and oxygen atoms in total. The Morgan fingerprint density at radius 3 is 2.82 bits per heavy atom. The van der Waals surface area contributed by atoms with E-state index in [2.05, 4.69) is 37.1 Å². The predicted octanol–water partition coefficient (Wildman–Crippen LogP) is 3.01. The molecule has 0 aromatic carbocycles. The van der Waals surface area contributed by atoms with E-state index in [4.69, 9.17) is 0 Å². The fourth-order valence-corrected chi connectivity index (χ4v) is 3.90. The molecule has 1 aromatic rings. The molecule has 1 fully saturated rings. The van der Waals surface area contributed by atoms with Crippen LogP contribution in [0.1, 0.15) is 35.6 Å². The first-order valence-electron chi connectivity index (χ1n) is 6.57. The van der Waals surface area contributed by atoms with Gasteiger partial charge in [0.2, 0.25) is 0 Å². The van der Waals surface area contributed by atoms with Gasteiger partial charge in [0.05, 0.1) is 0 Å². The van der Waals surface area contributed by atoms with Gasteiger partial charge in [0.15, 0.2) is 0 Å². The summed E-state index contributed by atoms with van der Waals surface area (Å²) in [5.41, 5.74) is 1.53. The lowest BCUT2D eigenvalue weighted by atomic mass is 10.1. The van der Waals surface area contributed by atoms with Crippen molar-refractivity contribution in [2.75, 3.05) is 13.6 Å². The summed E-state index contributed by atoms with van der Waals surface area (Å²) in [7, 11) is 2.01. The molecule has 1 aliphatic rings. The number of hydrogen-bond acceptors (Lipinski definition) is 3. The van der Waals surface area contributed by atoms with Crippen LogP contribution >= 0.6 is 11.3 Å². The Morgan fingerprint density at radius 1 is 1.47 bits per heavy atom. The molecule has 1 aliphatic heterocycles. The second-order valence-corrected chi connectivity index (χ2v) is 6.78. The summed E-state index contributed by atoms with van der Waals surface area (Å²) in [6, 6.07) is 3.13. The van der Waals surface area contributed by atoms with Crippen molar-refractivity contribution < 1.29 is 0 Å². The summed E-state index contributed by atoms with van der Waals surface area (Å²) in [6.45, 7) is 10.4. The Kier molecular flexibility index (Phi) is 4.23. The number of likely N-dealkylation sites (tertiary alicyclic amines) is 1. The SMILES string of the molecule is CNCc1cc(CN2CC(C)CC2C)c(C)s1. The average Bonchev–Trinajstić information content (AvgIpc) is 2.73. The molecule has 1 aromatic heterocycles. The molecule has 2 heterocycles. The van der Waals surface area contributed by atoms with Gasteiger partial charge in [0.25, 0.3) is 0 Å². The van der Waals surface area contributed by atoms with Crippen molar-refractivity contribution in [1.29, 1.82) is 0 Å². The molecule has 2 atom stereocenters. The molecule has 1 N–H and O–H groups in total. The quantitative estimate of drug-likeness (QED) is 0.886. The van der Waals surface area contributed by atoms with Gasteiger partial charge in [-0.1, -0.05) is 6.92 Å². The Balaban J connectivity index is 2.03. The normalized spacial score (nSPS) is 25.6. The van der Waals surface area contributed by atoms with Crippen LogP contribution in [0.2, 0.25) is 0 Å². The minimum Gasteiger partial charge on any atom is -0.315 e. The molecular weight excluding hydrogens is 228 g/mol. The zero-order valence-electron chi connectivity index (χ0n) is 11.4. The van der Waals surface area contributed by atoms with Crippen LogP contribution in [0.5, 0.6) is 0 Å². The monoisotopic (exact) mass is 252 g/mol. The van der Waals surface area contributed by atoms with Gasteiger partial charge in [-0.15, -0.1) is 11.3 Å². The number of thiophene rings is 1. The Labute approximate surface area is 109 Å². The summed E-state index contributed by atoms with van der Waals surface area (Å²) in [5, 5.41) is 3.23. The highest BCUT2D eigenvalue weighted by Crippen LogP contribution is 2.28. The van der Waals surface area contributed by atoms with Crippen molar-refractivity contribution in [3.63, 3.8) is 0 Å². The second-order valence-electron chi connectivity index (χ2n) is 5.44. The molecule has 96 valence electrons. The van der Waals surface area contributed by atoms with E-state index in [9.17, 15) is 0 Å². The topological polar surface area (TPSA) is 15.3 Å². The third-order valence-electron chi connectivity index (χ3n) is 3.71. The fourth-order valence-electron chi connectivity index (χ4n) is 2.83. The van der Waals surface area contributed by atoms with E-state index in [0.29, 0.717) is 0 Å². The fraction of sp³-hybridized carbons (Fsp3) is 0.714. The second kappa shape index (κ2) is 5.51. The average molecular weight is 252 g/mol. The third-order valence-corrected chi connectivity index (χ3v) is 4.80. The van der Waals surface area contributed by atoms with Gasteiger partial charge < -0.3 is 5.32 Å². The highest BCUT2D eigenvalue weighted by atomic mass is 32.1. The maximum absolute atomic E-state index is 3.23. The highest BCUT2D eigenvalue weighted by Gasteiger charge is 2.26. The lowest BCUT2D eigenvalue weighted by molar-refractivity contribution is 0.256. The van der Waals surface area contributed by atoms with Crippen LogP contribution in [-0.4, -0.2) is 24.5 Å². The molecule has 2 rings (SSSR count). The lowest BCUT2D eigenvalue weighted by Crippen LogP contribution is -2.26. The van der Waals surface area contributed by atoms with Crippen LogP contribution in [-0.2, 0) is 13.1 Å². The number of aryl methyl sites for hydroxylation is 1. The number of hydrogen-bond donors (Lipinski definition) is 1. The van der Waals surface area contributed by atoms with Crippen LogP contribution in [0, 0.1) is 12.8 Å². The zero-order valence-corrected chi connectivity index (χ0v) is 12.2. The van der Waals surface area contributed by atoms with Crippen LogP contribution in [0.15, 0.2) is 6.07 Å². The van der Waals surface area contributed by atoms with Crippen molar-refractivity contribution in [2.24, 2.45) is 5.92 Å². The summed E-state index contributed by atoms with van der Waals surface area (Å²) in [5.74, 6) is 0.862. The molecule has 0 radical (unpaired) electrons. The van der Waals surface area contributed by atoms with Crippen molar-refractivity contribution in [3.05, 3.63) is 21.4 Å². The van der Waals surface area contributed by atoms with Gasteiger partial charge in [-0.3, -0.25) is 4.90 Å². The Bertz CT molecular complexity index is 372. The van der Waals surface area contributed by atoms with Gasteiger partial charge in [-0.05, 0) is 44.9 Å². The van der Waals surface area contributed by atoms with E-state index in [-0.39, 0.29) is 0 Å². The molecule has 1 saturated heterocycles. The van der Waals surface area contributed by atoms with Gasteiger partial charge in [-0.2, -0.15) is 0 Å². The van der Waals surface area contributed by atoms with Gasteiger partial charge in [0, 0.05) is 35.4 Å². The molecule has 0 saturated carbocycles. The predicted molar refractivity (Wildman–Crippen MR) is 75.5 cm³/mol. The first-order chi connectivity index (χ1) is 8.10. The van der Waals surface area contributed by atoms with Gasteiger partial charge in [0.1, 0.15) is 0 Å². The molecule has 0 bridgehead atoms. The summed E-state index contributed by atoms with van der Waals surface area (Å²) >= 11 is 1.94. The van der Waals surface area contributed by atoms with Gasteiger partial charge >= 0.3 is 0 Å². The maximum Gasteiger partial charge on any atom is 0.0296 e. The number of nitrogens with zero attached hydrogens (tertiary/aromatic N) is 1. The van der Waals surface area contributed by atoms with Crippen LogP contribution in [0.4, 0.5) is 0 Å². The molecule has 2 unspecified atom stereocenters.